The molecule has 2 atom stereocenters. The average molecular weight is 222 g/mol. The van der Waals surface area contributed by atoms with E-state index in [1.807, 2.05) is 13.0 Å². The van der Waals surface area contributed by atoms with Gasteiger partial charge in [0.05, 0.1) is 12.7 Å². The Morgan fingerprint density at radius 1 is 1.31 bits per heavy atom. The van der Waals surface area contributed by atoms with Crippen molar-refractivity contribution in [2.45, 2.75) is 19.1 Å². The molecule has 2 unspecified atom stereocenters. The molecule has 0 spiro atoms. The number of cyclic esters (lactones) is 1. The molecular weight excluding hydrogens is 208 g/mol. The molecule has 1 aliphatic heterocycles. The molecule has 0 radical (unpaired) electrons. The van der Waals surface area contributed by atoms with Gasteiger partial charge in [-0.3, -0.25) is 0 Å². The third-order valence-electron chi connectivity index (χ3n) is 2.83. The number of fused-ring (bicyclic) bond motifs is 1. The van der Waals surface area contributed by atoms with Crippen LogP contribution in [0.15, 0.2) is 18.2 Å². The van der Waals surface area contributed by atoms with E-state index in [1.54, 1.807) is 19.2 Å². The van der Waals surface area contributed by atoms with Gasteiger partial charge in [0.25, 0.3) is 0 Å². The summed E-state index contributed by atoms with van der Waals surface area (Å²) >= 11 is 0. The van der Waals surface area contributed by atoms with Crippen LogP contribution in [-0.2, 0) is 9.47 Å². The van der Waals surface area contributed by atoms with Gasteiger partial charge in [0.2, 0.25) is 6.29 Å². The summed E-state index contributed by atoms with van der Waals surface area (Å²) in [6.07, 6.45) is -0.521. The van der Waals surface area contributed by atoms with Crippen molar-refractivity contribution in [2.24, 2.45) is 0 Å². The monoisotopic (exact) mass is 222 g/mol. The van der Waals surface area contributed by atoms with Crippen LogP contribution in [0.4, 0.5) is 0 Å². The minimum atomic E-state index is -0.521. The predicted molar refractivity (Wildman–Crippen MR) is 57.6 cm³/mol. The summed E-state index contributed by atoms with van der Waals surface area (Å²) < 4.78 is 15.4. The Bertz CT molecular complexity index is 413. The molecular formula is C12H14O4. The first-order chi connectivity index (χ1) is 7.67. The standard InChI is InChI=1S/C12H14O4/c1-7-10-6-8(14-2)4-5-9(10)11(13)16-12(7)15-3/h4-7,12H,1-3H3. The topological polar surface area (TPSA) is 44.8 Å². The Balaban J connectivity index is 2.47. The molecule has 16 heavy (non-hydrogen) atoms. The van der Waals surface area contributed by atoms with Crippen molar-refractivity contribution < 1.29 is 19.0 Å². The molecule has 0 saturated carbocycles. The fourth-order valence-corrected chi connectivity index (χ4v) is 1.90. The smallest absolute Gasteiger partial charge is 0.340 e. The van der Waals surface area contributed by atoms with E-state index in [4.69, 9.17) is 14.2 Å². The minimum Gasteiger partial charge on any atom is -0.497 e. The fraction of sp³-hybridized carbons (Fsp3) is 0.417. The maximum atomic E-state index is 11.7. The van der Waals surface area contributed by atoms with Crippen LogP contribution in [0, 0.1) is 0 Å². The lowest BCUT2D eigenvalue weighted by Crippen LogP contribution is -2.32. The van der Waals surface area contributed by atoms with Gasteiger partial charge in [-0.25, -0.2) is 4.79 Å². The summed E-state index contributed by atoms with van der Waals surface area (Å²) in [6.45, 7) is 1.96. The van der Waals surface area contributed by atoms with Gasteiger partial charge >= 0.3 is 5.97 Å². The molecule has 0 fully saturated rings. The van der Waals surface area contributed by atoms with E-state index in [0.29, 0.717) is 5.56 Å². The van der Waals surface area contributed by atoms with Gasteiger partial charge in [0.1, 0.15) is 5.75 Å². The zero-order valence-electron chi connectivity index (χ0n) is 9.52. The summed E-state index contributed by atoms with van der Waals surface area (Å²) in [5.74, 6) is 0.394. The molecule has 1 aromatic carbocycles. The Labute approximate surface area is 94.1 Å². The molecule has 0 amide bonds. The van der Waals surface area contributed by atoms with Crippen molar-refractivity contribution >= 4 is 5.97 Å². The zero-order valence-corrected chi connectivity index (χ0v) is 9.52. The molecule has 0 saturated heterocycles. The van der Waals surface area contributed by atoms with Crippen LogP contribution in [0.5, 0.6) is 5.75 Å². The quantitative estimate of drug-likeness (QED) is 0.717. The average Bonchev–Trinajstić information content (AvgIpc) is 2.33. The van der Waals surface area contributed by atoms with Gasteiger partial charge in [-0.2, -0.15) is 0 Å². The second kappa shape index (κ2) is 4.14. The van der Waals surface area contributed by atoms with E-state index in [-0.39, 0.29) is 11.9 Å². The van der Waals surface area contributed by atoms with Gasteiger partial charge in [-0.15, -0.1) is 0 Å². The number of benzene rings is 1. The molecule has 0 aromatic heterocycles. The molecule has 0 N–H and O–H groups in total. The molecule has 1 aliphatic rings. The Morgan fingerprint density at radius 3 is 2.69 bits per heavy atom. The first-order valence-corrected chi connectivity index (χ1v) is 5.09. The van der Waals surface area contributed by atoms with Crippen LogP contribution in [0.25, 0.3) is 0 Å². The summed E-state index contributed by atoms with van der Waals surface area (Å²) in [7, 11) is 3.13. The number of carbonyl (C=O) groups excluding carboxylic acids is 1. The van der Waals surface area contributed by atoms with Gasteiger partial charge in [0.15, 0.2) is 0 Å². The lowest BCUT2D eigenvalue weighted by molar-refractivity contribution is -0.107. The van der Waals surface area contributed by atoms with Crippen molar-refractivity contribution in [1.82, 2.24) is 0 Å². The third-order valence-corrected chi connectivity index (χ3v) is 2.83. The van der Waals surface area contributed by atoms with Gasteiger partial charge < -0.3 is 14.2 Å². The van der Waals surface area contributed by atoms with Gasteiger partial charge in [0, 0.05) is 13.0 Å². The maximum absolute atomic E-state index is 11.7. The molecule has 1 heterocycles. The molecule has 1 aromatic rings. The largest absolute Gasteiger partial charge is 0.497 e. The number of rotatable bonds is 2. The van der Waals surface area contributed by atoms with E-state index < -0.39 is 6.29 Å². The van der Waals surface area contributed by atoms with Crippen molar-refractivity contribution in [3.63, 3.8) is 0 Å². The second-order valence-electron chi connectivity index (χ2n) is 3.75. The number of ether oxygens (including phenoxy) is 3. The van der Waals surface area contributed by atoms with Gasteiger partial charge in [-0.05, 0) is 23.8 Å². The summed E-state index contributed by atoms with van der Waals surface area (Å²) in [6, 6.07) is 5.32. The highest BCUT2D eigenvalue weighted by Gasteiger charge is 2.32. The van der Waals surface area contributed by atoms with E-state index in [9.17, 15) is 4.79 Å². The highest BCUT2D eigenvalue weighted by Crippen LogP contribution is 2.33. The molecule has 0 bridgehead atoms. The number of hydrogen-bond donors (Lipinski definition) is 0. The SMILES string of the molecule is COc1ccc2c(c1)C(C)C(OC)OC2=O. The summed E-state index contributed by atoms with van der Waals surface area (Å²) in [4.78, 5) is 11.7. The van der Waals surface area contributed by atoms with Crippen molar-refractivity contribution in [2.75, 3.05) is 14.2 Å². The van der Waals surface area contributed by atoms with Crippen LogP contribution >= 0.6 is 0 Å². The highest BCUT2D eigenvalue weighted by molar-refractivity contribution is 5.92. The van der Waals surface area contributed by atoms with E-state index in [2.05, 4.69) is 0 Å². The molecule has 0 aliphatic carbocycles. The third kappa shape index (κ3) is 1.65. The van der Waals surface area contributed by atoms with E-state index in [0.717, 1.165) is 11.3 Å². The molecule has 86 valence electrons. The van der Waals surface area contributed by atoms with Crippen LogP contribution < -0.4 is 4.74 Å². The first-order valence-electron chi connectivity index (χ1n) is 5.09. The highest BCUT2D eigenvalue weighted by atomic mass is 16.7. The van der Waals surface area contributed by atoms with E-state index in [1.165, 1.54) is 7.11 Å². The number of methoxy groups -OCH3 is 2. The fourth-order valence-electron chi connectivity index (χ4n) is 1.90. The summed E-state index contributed by atoms with van der Waals surface area (Å²) in [5, 5.41) is 0. The Kier molecular flexibility index (Phi) is 2.83. The number of hydrogen-bond acceptors (Lipinski definition) is 4. The molecule has 2 rings (SSSR count). The predicted octanol–water partition coefficient (Wildman–Crippen LogP) is 1.94. The second-order valence-corrected chi connectivity index (χ2v) is 3.75. The van der Waals surface area contributed by atoms with Gasteiger partial charge in [-0.1, -0.05) is 6.92 Å². The number of carbonyl (C=O) groups is 1. The van der Waals surface area contributed by atoms with Crippen molar-refractivity contribution in [3.8, 4) is 5.75 Å². The van der Waals surface area contributed by atoms with Crippen LogP contribution in [0.2, 0.25) is 0 Å². The number of esters is 1. The Morgan fingerprint density at radius 2 is 2.06 bits per heavy atom. The molecule has 4 nitrogen and oxygen atoms in total. The lowest BCUT2D eigenvalue weighted by Gasteiger charge is -2.29. The van der Waals surface area contributed by atoms with E-state index >= 15 is 0 Å². The first kappa shape index (κ1) is 11.0. The van der Waals surface area contributed by atoms with Crippen LogP contribution in [0.3, 0.4) is 0 Å². The van der Waals surface area contributed by atoms with Crippen LogP contribution in [-0.4, -0.2) is 26.5 Å². The normalized spacial score (nSPS) is 23.6. The Hall–Kier alpha value is -1.55. The van der Waals surface area contributed by atoms with Crippen molar-refractivity contribution in [3.05, 3.63) is 29.3 Å². The van der Waals surface area contributed by atoms with Crippen molar-refractivity contribution in [1.29, 1.82) is 0 Å². The minimum absolute atomic E-state index is 0.00722. The molecule has 4 heteroatoms. The van der Waals surface area contributed by atoms with Crippen LogP contribution in [0.1, 0.15) is 28.8 Å². The summed E-state index contributed by atoms with van der Waals surface area (Å²) in [5.41, 5.74) is 1.49. The lowest BCUT2D eigenvalue weighted by atomic mass is 9.92. The maximum Gasteiger partial charge on any atom is 0.340 e. The zero-order chi connectivity index (χ0) is 11.7.